The molecule has 6 nitrogen and oxygen atoms in total. The molecule has 2 aromatic rings. The quantitative estimate of drug-likeness (QED) is 0.878. The normalized spacial score (nSPS) is 11.0. The first-order valence-electron chi connectivity index (χ1n) is 6.41. The van der Waals surface area contributed by atoms with Gasteiger partial charge in [-0.15, -0.1) is 0 Å². The van der Waals surface area contributed by atoms with Gasteiger partial charge in [-0.05, 0) is 18.1 Å². The lowest BCUT2D eigenvalue weighted by molar-refractivity contribution is 0.0910. The molecule has 108 valence electrons. The van der Waals surface area contributed by atoms with Gasteiger partial charge in [0.25, 0.3) is 5.91 Å². The van der Waals surface area contributed by atoms with Crippen LogP contribution < -0.4 is 5.32 Å². The third-order valence-electron chi connectivity index (χ3n) is 2.76. The maximum absolute atomic E-state index is 11.9. The Morgan fingerprint density at radius 3 is 2.85 bits per heavy atom. The van der Waals surface area contributed by atoms with Gasteiger partial charge in [-0.2, -0.15) is 0 Å². The van der Waals surface area contributed by atoms with E-state index in [0.717, 1.165) is 5.69 Å². The summed E-state index contributed by atoms with van der Waals surface area (Å²) in [4.78, 5) is 11.9. The molecule has 0 aromatic carbocycles. The summed E-state index contributed by atoms with van der Waals surface area (Å²) in [5, 5.41) is 6.64. The number of aromatic nitrogens is 1. The van der Waals surface area contributed by atoms with Crippen LogP contribution in [-0.2, 0) is 17.9 Å². The molecule has 0 bridgehead atoms. The Hall–Kier alpha value is -2.08. The van der Waals surface area contributed by atoms with Crippen molar-refractivity contribution in [1.82, 2.24) is 10.5 Å². The fourth-order valence-electron chi connectivity index (χ4n) is 1.66. The minimum atomic E-state index is -0.296. The van der Waals surface area contributed by atoms with Crippen LogP contribution in [0.2, 0.25) is 0 Å². The minimum Gasteiger partial charge on any atom is -0.453 e. The molecule has 2 heterocycles. The van der Waals surface area contributed by atoms with Gasteiger partial charge < -0.3 is 19.0 Å². The first-order chi connectivity index (χ1) is 9.60. The number of furan rings is 1. The first-order valence-corrected chi connectivity index (χ1v) is 6.41. The van der Waals surface area contributed by atoms with Gasteiger partial charge in [-0.25, -0.2) is 0 Å². The monoisotopic (exact) mass is 278 g/mol. The number of hydrogen-bond donors (Lipinski definition) is 1. The van der Waals surface area contributed by atoms with Crippen molar-refractivity contribution in [3.63, 3.8) is 0 Å². The van der Waals surface area contributed by atoms with Gasteiger partial charge in [0.1, 0.15) is 12.4 Å². The summed E-state index contributed by atoms with van der Waals surface area (Å²) in [6.45, 7) is 4.67. The van der Waals surface area contributed by atoms with Crippen LogP contribution in [-0.4, -0.2) is 18.2 Å². The number of hydrogen-bond acceptors (Lipinski definition) is 5. The van der Waals surface area contributed by atoms with Crippen molar-refractivity contribution in [2.75, 3.05) is 7.11 Å². The van der Waals surface area contributed by atoms with Crippen LogP contribution in [0.15, 0.2) is 27.1 Å². The van der Waals surface area contributed by atoms with Gasteiger partial charge in [-0.3, -0.25) is 4.79 Å². The van der Waals surface area contributed by atoms with E-state index in [-0.39, 0.29) is 18.2 Å². The highest BCUT2D eigenvalue weighted by Crippen LogP contribution is 2.14. The molecule has 1 N–H and O–H groups in total. The summed E-state index contributed by atoms with van der Waals surface area (Å²) in [7, 11) is 1.57. The molecule has 2 rings (SSSR count). The summed E-state index contributed by atoms with van der Waals surface area (Å²) in [5.74, 6) is 1.48. The van der Waals surface area contributed by atoms with Gasteiger partial charge in [-0.1, -0.05) is 19.0 Å². The van der Waals surface area contributed by atoms with Gasteiger partial charge in [0.15, 0.2) is 11.5 Å². The molecule has 0 saturated heterocycles. The van der Waals surface area contributed by atoms with Crippen LogP contribution in [0.4, 0.5) is 0 Å². The van der Waals surface area contributed by atoms with Crippen molar-refractivity contribution in [2.24, 2.45) is 0 Å². The summed E-state index contributed by atoms with van der Waals surface area (Å²) in [5.41, 5.74) is 0.870. The second kappa shape index (κ2) is 6.38. The van der Waals surface area contributed by atoms with Crippen molar-refractivity contribution < 1.29 is 18.5 Å². The molecule has 0 saturated carbocycles. The zero-order valence-corrected chi connectivity index (χ0v) is 11.8. The third kappa shape index (κ3) is 3.48. The highest BCUT2D eigenvalue weighted by Gasteiger charge is 2.13. The molecule has 0 atom stereocenters. The van der Waals surface area contributed by atoms with Crippen LogP contribution in [0, 0.1) is 0 Å². The molecular weight excluding hydrogens is 260 g/mol. The van der Waals surface area contributed by atoms with Crippen molar-refractivity contribution in [2.45, 2.75) is 32.9 Å². The lowest BCUT2D eigenvalue weighted by atomic mass is 10.1. The van der Waals surface area contributed by atoms with Crippen LogP contribution in [0.25, 0.3) is 0 Å². The molecule has 0 aliphatic heterocycles. The van der Waals surface area contributed by atoms with E-state index < -0.39 is 0 Å². The highest BCUT2D eigenvalue weighted by atomic mass is 16.5. The van der Waals surface area contributed by atoms with E-state index >= 15 is 0 Å². The first kappa shape index (κ1) is 14.3. The predicted molar refractivity (Wildman–Crippen MR) is 71.2 cm³/mol. The molecule has 6 heteroatoms. The average molecular weight is 278 g/mol. The molecule has 0 radical (unpaired) electrons. The van der Waals surface area contributed by atoms with E-state index in [1.807, 2.05) is 19.9 Å². The number of amides is 1. The molecule has 20 heavy (non-hydrogen) atoms. The Bertz CT molecular complexity index is 571. The topological polar surface area (TPSA) is 77.5 Å². The van der Waals surface area contributed by atoms with E-state index in [9.17, 15) is 4.79 Å². The molecule has 0 aliphatic rings. The number of nitrogens with one attached hydrogen (secondary N) is 1. The fourth-order valence-corrected chi connectivity index (χ4v) is 1.66. The van der Waals surface area contributed by atoms with Crippen LogP contribution in [0.5, 0.6) is 0 Å². The molecule has 0 spiro atoms. The predicted octanol–water partition coefficient (Wildman–Crippen LogP) is 2.47. The SMILES string of the molecule is COCc1ccc(C(=O)NCc2cc(C(C)C)no2)o1. The van der Waals surface area contributed by atoms with E-state index in [1.54, 1.807) is 19.2 Å². The second-order valence-electron chi connectivity index (χ2n) is 4.75. The number of carbonyl (C=O) groups is 1. The zero-order valence-electron chi connectivity index (χ0n) is 11.8. The van der Waals surface area contributed by atoms with Crippen molar-refractivity contribution in [1.29, 1.82) is 0 Å². The lowest BCUT2D eigenvalue weighted by Gasteiger charge is -1.99. The Kier molecular flexibility index (Phi) is 4.57. The largest absolute Gasteiger partial charge is 0.453 e. The van der Waals surface area contributed by atoms with Gasteiger partial charge in [0.2, 0.25) is 0 Å². The maximum Gasteiger partial charge on any atom is 0.287 e. The molecular formula is C14H18N2O4. The standard InChI is InChI=1S/C14H18N2O4/c1-9(2)12-6-11(20-16-12)7-15-14(17)13-5-4-10(19-13)8-18-3/h4-6,9H,7-8H2,1-3H3,(H,15,17). The summed E-state index contributed by atoms with van der Waals surface area (Å²) in [6.07, 6.45) is 0. The van der Waals surface area contributed by atoms with Crippen LogP contribution in [0.1, 0.15) is 47.5 Å². The van der Waals surface area contributed by atoms with E-state index in [1.165, 1.54) is 0 Å². The maximum atomic E-state index is 11.9. The lowest BCUT2D eigenvalue weighted by Crippen LogP contribution is -2.21. The molecule has 2 aromatic heterocycles. The average Bonchev–Trinajstić information content (AvgIpc) is 3.05. The molecule has 0 unspecified atom stereocenters. The van der Waals surface area contributed by atoms with Gasteiger partial charge in [0, 0.05) is 13.2 Å². The summed E-state index contributed by atoms with van der Waals surface area (Å²) < 4.78 is 15.4. The molecule has 0 fully saturated rings. The van der Waals surface area contributed by atoms with Crippen LogP contribution in [0.3, 0.4) is 0 Å². The number of ether oxygens (including phenoxy) is 1. The minimum absolute atomic E-state index is 0.251. The smallest absolute Gasteiger partial charge is 0.287 e. The number of carbonyl (C=O) groups excluding carboxylic acids is 1. The van der Waals surface area contributed by atoms with Crippen molar-refractivity contribution >= 4 is 5.91 Å². The Balaban J connectivity index is 1.90. The Labute approximate surface area is 117 Å². The summed E-state index contributed by atoms with van der Waals surface area (Å²) >= 11 is 0. The van der Waals surface area contributed by atoms with E-state index in [4.69, 9.17) is 13.7 Å². The Morgan fingerprint density at radius 1 is 1.40 bits per heavy atom. The third-order valence-corrected chi connectivity index (χ3v) is 2.76. The molecule has 1 amide bonds. The Morgan fingerprint density at radius 2 is 2.20 bits per heavy atom. The second-order valence-corrected chi connectivity index (χ2v) is 4.75. The van der Waals surface area contributed by atoms with Crippen molar-refractivity contribution in [3.05, 3.63) is 41.2 Å². The zero-order chi connectivity index (χ0) is 14.5. The van der Waals surface area contributed by atoms with E-state index in [0.29, 0.717) is 24.0 Å². The van der Waals surface area contributed by atoms with Crippen LogP contribution >= 0.6 is 0 Å². The number of nitrogens with zero attached hydrogens (tertiary/aromatic N) is 1. The number of methoxy groups -OCH3 is 1. The van der Waals surface area contributed by atoms with E-state index in [2.05, 4.69) is 10.5 Å². The molecule has 0 aliphatic carbocycles. The van der Waals surface area contributed by atoms with Gasteiger partial charge >= 0.3 is 0 Å². The fraction of sp³-hybridized carbons (Fsp3) is 0.429. The highest BCUT2D eigenvalue weighted by molar-refractivity contribution is 5.91. The van der Waals surface area contributed by atoms with Crippen molar-refractivity contribution in [3.8, 4) is 0 Å². The number of rotatable bonds is 6. The van der Waals surface area contributed by atoms with Gasteiger partial charge in [0.05, 0.1) is 12.2 Å². The summed E-state index contributed by atoms with van der Waals surface area (Å²) in [6, 6.07) is 5.16.